The summed E-state index contributed by atoms with van der Waals surface area (Å²) in [6, 6.07) is 20.5. The number of carbonyl (C=O) groups is 3. The topological polar surface area (TPSA) is 205 Å². The maximum Gasteiger partial charge on any atom is 0.315 e. The summed E-state index contributed by atoms with van der Waals surface area (Å²) in [7, 11) is 0. The van der Waals surface area contributed by atoms with Crippen molar-refractivity contribution in [2.24, 2.45) is 0 Å². The van der Waals surface area contributed by atoms with Gasteiger partial charge in [-0.25, -0.2) is 15.0 Å². The molecule has 15 heteroatoms. The first kappa shape index (κ1) is 38.4. The minimum atomic E-state index is -0.414. The number of hydrogen-bond donors (Lipinski definition) is 6. The highest BCUT2D eigenvalue weighted by molar-refractivity contribution is 6.01. The molecular formula is C43H47N11O4. The van der Waals surface area contributed by atoms with Crippen LogP contribution in [-0.2, 0) is 21.5 Å². The van der Waals surface area contributed by atoms with Crippen molar-refractivity contribution >= 4 is 40.3 Å². The number of H-pyrrole nitrogens is 1. The number of nitrogens with one attached hydrogen (secondary N) is 6. The quantitative estimate of drug-likeness (QED) is 0.0611. The molecule has 2 fully saturated rings. The average molecular weight is 782 g/mol. The summed E-state index contributed by atoms with van der Waals surface area (Å²) in [5.74, 6) is 0.863. The van der Waals surface area contributed by atoms with Crippen LogP contribution in [-0.4, -0.2) is 73.0 Å². The fourth-order valence-electron chi connectivity index (χ4n) is 7.30. The van der Waals surface area contributed by atoms with Gasteiger partial charge in [0.1, 0.15) is 23.8 Å². The number of aryl methyl sites for hydroxylation is 1. The molecule has 3 amide bonds. The molecule has 1 aliphatic heterocycles. The second-order valence-corrected chi connectivity index (χ2v) is 16.1. The second-order valence-electron chi connectivity index (χ2n) is 16.1. The van der Waals surface area contributed by atoms with Gasteiger partial charge in [0, 0.05) is 71.6 Å². The minimum absolute atomic E-state index is 0.0518. The number of benzene rings is 2. The number of hydrogen-bond acceptors (Lipinski definition) is 12. The molecule has 6 N–H and O–H groups in total. The summed E-state index contributed by atoms with van der Waals surface area (Å²) in [5.41, 5.74) is 8.14. The predicted octanol–water partition coefficient (Wildman–Crippen LogP) is 5.77. The van der Waals surface area contributed by atoms with E-state index in [1.807, 2.05) is 70.3 Å². The summed E-state index contributed by atoms with van der Waals surface area (Å²) in [6.07, 6.45) is 6.43. The Morgan fingerprint density at radius 1 is 0.948 bits per heavy atom. The van der Waals surface area contributed by atoms with Crippen LogP contribution in [0.1, 0.15) is 85.6 Å². The van der Waals surface area contributed by atoms with Gasteiger partial charge in [-0.2, -0.15) is 4.98 Å². The Morgan fingerprint density at radius 2 is 1.76 bits per heavy atom. The van der Waals surface area contributed by atoms with Crippen molar-refractivity contribution in [2.45, 2.75) is 83.3 Å². The van der Waals surface area contributed by atoms with Crippen LogP contribution in [0.15, 0.2) is 77.7 Å². The van der Waals surface area contributed by atoms with Crippen LogP contribution in [0.25, 0.3) is 33.5 Å². The molecule has 1 aliphatic carbocycles. The first-order chi connectivity index (χ1) is 28.0. The average Bonchev–Trinajstić information content (AvgIpc) is 3.88. The molecule has 1 saturated carbocycles. The molecule has 1 unspecified atom stereocenters. The fourth-order valence-corrected chi connectivity index (χ4v) is 7.30. The van der Waals surface area contributed by atoms with E-state index in [0.717, 1.165) is 82.1 Å². The van der Waals surface area contributed by atoms with Gasteiger partial charge < -0.3 is 30.8 Å². The number of rotatable bonds is 13. The number of piperidine rings is 1. The van der Waals surface area contributed by atoms with E-state index in [9.17, 15) is 14.4 Å². The van der Waals surface area contributed by atoms with Crippen LogP contribution >= 0.6 is 0 Å². The Hall–Kier alpha value is -6.48. The Kier molecular flexibility index (Phi) is 10.7. The van der Waals surface area contributed by atoms with Gasteiger partial charge in [-0.1, -0.05) is 50.2 Å². The Balaban J connectivity index is 0.800. The van der Waals surface area contributed by atoms with Crippen LogP contribution in [0.4, 0.5) is 11.5 Å². The van der Waals surface area contributed by atoms with Crippen molar-refractivity contribution in [3.05, 3.63) is 102 Å². The third-order valence-electron chi connectivity index (χ3n) is 10.8. The van der Waals surface area contributed by atoms with Gasteiger partial charge in [-0.3, -0.25) is 19.7 Å². The van der Waals surface area contributed by atoms with Crippen LogP contribution in [0.3, 0.4) is 0 Å². The summed E-state index contributed by atoms with van der Waals surface area (Å²) in [4.78, 5) is 57.6. The number of fused-ring (bicyclic) bond motifs is 1. The Labute approximate surface area is 335 Å². The van der Waals surface area contributed by atoms with Crippen molar-refractivity contribution in [1.29, 1.82) is 0 Å². The largest absolute Gasteiger partial charge is 0.374 e. The maximum atomic E-state index is 12.7. The molecule has 298 valence electrons. The minimum Gasteiger partial charge on any atom is -0.374 e. The lowest BCUT2D eigenvalue weighted by Crippen LogP contribution is -2.47. The molecule has 58 heavy (non-hydrogen) atoms. The lowest BCUT2D eigenvalue weighted by molar-refractivity contribution is -0.133. The van der Waals surface area contributed by atoms with Gasteiger partial charge in [-0.15, -0.1) is 0 Å². The molecule has 0 spiro atoms. The molecule has 2 aliphatic rings. The van der Waals surface area contributed by atoms with Gasteiger partial charge in [0.15, 0.2) is 5.82 Å². The summed E-state index contributed by atoms with van der Waals surface area (Å²) in [6.45, 7) is 9.78. The zero-order valence-electron chi connectivity index (χ0n) is 33.0. The van der Waals surface area contributed by atoms with Crippen molar-refractivity contribution in [2.75, 3.05) is 23.7 Å². The van der Waals surface area contributed by atoms with E-state index >= 15 is 0 Å². The van der Waals surface area contributed by atoms with Gasteiger partial charge in [0.25, 0.3) is 0 Å². The number of anilines is 2. The molecular weight excluding hydrogens is 735 g/mol. The number of amides is 3. The summed E-state index contributed by atoms with van der Waals surface area (Å²) < 4.78 is 5.18. The molecule has 4 aromatic heterocycles. The first-order valence-electron chi connectivity index (χ1n) is 19.7. The monoisotopic (exact) mass is 781 g/mol. The molecule has 15 nitrogen and oxygen atoms in total. The van der Waals surface area contributed by atoms with Crippen molar-refractivity contribution in [3.63, 3.8) is 0 Å². The molecule has 2 aromatic carbocycles. The van der Waals surface area contributed by atoms with Gasteiger partial charge in [-0.05, 0) is 85.2 Å². The third kappa shape index (κ3) is 8.59. The van der Waals surface area contributed by atoms with E-state index in [1.165, 1.54) is 5.56 Å². The van der Waals surface area contributed by atoms with E-state index < -0.39 is 5.91 Å². The number of pyridine rings is 1. The molecule has 1 atom stereocenters. The van der Waals surface area contributed by atoms with Crippen molar-refractivity contribution in [3.8, 4) is 22.5 Å². The molecule has 0 radical (unpaired) electrons. The normalized spacial score (nSPS) is 18.1. The lowest BCUT2D eigenvalue weighted by atomic mass is 9.76. The van der Waals surface area contributed by atoms with Crippen LogP contribution in [0.5, 0.6) is 0 Å². The molecule has 6 aromatic rings. The highest BCUT2D eigenvalue weighted by Crippen LogP contribution is 2.37. The lowest BCUT2D eigenvalue weighted by Gasteiger charge is -2.36. The Morgan fingerprint density at radius 3 is 2.48 bits per heavy atom. The van der Waals surface area contributed by atoms with Crippen LogP contribution in [0.2, 0.25) is 0 Å². The van der Waals surface area contributed by atoms with E-state index in [1.54, 1.807) is 6.33 Å². The predicted molar refractivity (Wildman–Crippen MR) is 220 cm³/mol. The van der Waals surface area contributed by atoms with Gasteiger partial charge in [0.05, 0.1) is 5.69 Å². The molecule has 1 saturated heterocycles. The van der Waals surface area contributed by atoms with E-state index in [-0.39, 0.29) is 29.2 Å². The van der Waals surface area contributed by atoms with E-state index in [0.29, 0.717) is 37.2 Å². The molecule has 0 bridgehead atoms. The zero-order valence-corrected chi connectivity index (χ0v) is 33.0. The summed E-state index contributed by atoms with van der Waals surface area (Å²) in [5, 5.41) is 20.4. The molecule has 8 rings (SSSR count). The fraction of sp³-hybridized carbons (Fsp3) is 0.349. The van der Waals surface area contributed by atoms with Crippen LogP contribution in [0, 0.1) is 6.92 Å². The number of nitrogens with zero attached hydrogens (tertiary/aromatic N) is 5. The summed E-state index contributed by atoms with van der Waals surface area (Å²) >= 11 is 0. The van der Waals surface area contributed by atoms with E-state index in [4.69, 9.17) is 4.52 Å². The number of carbonyl (C=O) groups excluding carboxylic acids is 3. The van der Waals surface area contributed by atoms with Crippen LogP contribution < -0.4 is 26.6 Å². The second kappa shape index (κ2) is 16.2. The highest BCUT2D eigenvalue weighted by atomic mass is 16.5. The maximum absolute atomic E-state index is 12.7. The smallest absolute Gasteiger partial charge is 0.315 e. The highest BCUT2D eigenvalue weighted by Gasteiger charge is 2.30. The molecule has 5 heterocycles. The van der Waals surface area contributed by atoms with Crippen molar-refractivity contribution in [1.82, 2.24) is 46.0 Å². The SMILES string of the molecule is Cc1cc(-c2ncnc3[nH]c(-c4ccc(NCCN[C@H]5C[C@@H](c6ccc(NC7CCC(=O)NC7=O)cc6)C5)nc4)cc23)ccc1CNC(=O)c1nc(C(C)(C)C)no1. The van der Waals surface area contributed by atoms with Gasteiger partial charge >= 0.3 is 11.8 Å². The number of imide groups is 1. The number of aromatic nitrogens is 6. The standard InChI is InChI=1S/C43H47N11O4/c1-24-17-26(5-6-27(24)21-47-40(57)41-53-42(54-58-41)43(2,3)4)37-32-20-34(51-38(32)49-23-48-37)28-9-13-35(46-22-28)45-16-15-44-31-18-29(19-31)25-7-10-30(11-8-25)50-33-12-14-36(55)52-39(33)56/h5-11,13,17,20,22-23,29,31,33,44,50H,12,14-16,18-19,21H2,1-4H3,(H,45,46)(H,47,57)(H,48,49,51)(H,52,55,56)/t29-,31+,33?. The van der Waals surface area contributed by atoms with E-state index in [2.05, 4.69) is 80.9 Å². The van der Waals surface area contributed by atoms with Gasteiger partial charge in [0.2, 0.25) is 11.8 Å². The third-order valence-corrected chi connectivity index (χ3v) is 10.8. The Bertz CT molecular complexity index is 2450. The first-order valence-corrected chi connectivity index (χ1v) is 19.7. The zero-order chi connectivity index (χ0) is 40.4. The van der Waals surface area contributed by atoms with Crippen molar-refractivity contribution < 1.29 is 18.9 Å². The number of aromatic amines is 1.